The minimum atomic E-state index is -0.573. The number of rotatable bonds is 6. The molecule has 4 nitrogen and oxygen atoms in total. The molecule has 1 saturated carbocycles. The van der Waals surface area contributed by atoms with Crippen LogP contribution >= 0.6 is 0 Å². The summed E-state index contributed by atoms with van der Waals surface area (Å²) in [7, 11) is 0. The van der Waals surface area contributed by atoms with Crippen molar-refractivity contribution in [3.05, 3.63) is 66.0 Å². The van der Waals surface area contributed by atoms with Crippen LogP contribution in [-0.2, 0) is 6.54 Å². The first kappa shape index (κ1) is 19.4. The van der Waals surface area contributed by atoms with Gasteiger partial charge in [0.2, 0.25) is 0 Å². The fraction of sp³-hybridized carbons (Fsp3) is 0.478. The van der Waals surface area contributed by atoms with Gasteiger partial charge in [-0.1, -0.05) is 42.8 Å². The topological polar surface area (TPSA) is 44.7 Å². The molecular formula is C23H29FN2O2. The molecule has 0 radical (unpaired) electrons. The van der Waals surface area contributed by atoms with Crippen LogP contribution in [-0.4, -0.2) is 47.4 Å². The second kappa shape index (κ2) is 9.03. The lowest BCUT2D eigenvalue weighted by Crippen LogP contribution is -2.53. The standard InChI is InChI=1S/C23H29FN2O2/c24-19-12-6-5-9-17(19)16-25-20-15-21(28-18-10-3-1-4-11-18)23(27)22(20)26-13-7-2-8-14-26/h1,3-6,9-12,20-23,25,27H,2,7-8,13-16H2/t20-,21-,22+,23+/m1/s1. The molecule has 1 aliphatic heterocycles. The van der Waals surface area contributed by atoms with Crippen LogP contribution in [0.5, 0.6) is 5.75 Å². The van der Waals surface area contributed by atoms with E-state index in [0.29, 0.717) is 18.5 Å². The molecule has 5 heteroatoms. The van der Waals surface area contributed by atoms with Gasteiger partial charge < -0.3 is 15.2 Å². The average Bonchev–Trinajstić information content (AvgIpc) is 3.04. The Labute approximate surface area is 166 Å². The smallest absolute Gasteiger partial charge is 0.128 e. The number of hydrogen-bond donors (Lipinski definition) is 2. The number of nitrogens with one attached hydrogen (secondary N) is 1. The van der Waals surface area contributed by atoms with Gasteiger partial charge in [-0.3, -0.25) is 4.90 Å². The van der Waals surface area contributed by atoms with Crippen molar-refractivity contribution in [2.45, 2.75) is 56.5 Å². The molecular weight excluding hydrogens is 355 g/mol. The first-order chi connectivity index (χ1) is 13.7. The number of aliphatic hydroxyl groups excluding tert-OH is 1. The van der Waals surface area contributed by atoms with E-state index in [1.165, 1.54) is 12.5 Å². The van der Waals surface area contributed by atoms with E-state index in [4.69, 9.17) is 4.74 Å². The van der Waals surface area contributed by atoms with Crippen LogP contribution in [0.4, 0.5) is 4.39 Å². The normalized spacial score (nSPS) is 28.4. The van der Waals surface area contributed by atoms with E-state index >= 15 is 0 Å². The summed E-state index contributed by atoms with van der Waals surface area (Å²) in [5.41, 5.74) is 0.654. The summed E-state index contributed by atoms with van der Waals surface area (Å²) in [6, 6.07) is 16.6. The van der Waals surface area contributed by atoms with Gasteiger partial charge in [0.05, 0.1) is 6.04 Å². The molecule has 0 unspecified atom stereocenters. The molecule has 2 fully saturated rings. The van der Waals surface area contributed by atoms with Crippen LogP contribution in [0.2, 0.25) is 0 Å². The molecule has 0 amide bonds. The van der Waals surface area contributed by atoms with Gasteiger partial charge in [-0.15, -0.1) is 0 Å². The van der Waals surface area contributed by atoms with Crippen LogP contribution in [0.15, 0.2) is 54.6 Å². The highest BCUT2D eigenvalue weighted by atomic mass is 19.1. The van der Waals surface area contributed by atoms with E-state index in [0.717, 1.165) is 31.7 Å². The van der Waals surface area contributed by atoms with Crippen molar-refractivity contribution in [2.24, 2.45) is 0 Å². The first-order valence-corrected chi connectivity index (χ1v) is 10.3. The lowest BCUT2D eigenvalue weighted by atomic mass is 10.0. The van der Waals surface area contributed by atoms with Crippen LogP contribution < -0.4 is 10.1 Å². The Balaban J connectivity index is 1.48. The van der Waals surface area contributed by atoms with Gasteiger partial charge in [-0.05, 0) is 44.1 Å². The van der Waals surface area contributed by atoms with Crippen molar-refractivity contribution in [3.8, 4) is 5.75 Å². The van der Waals surface area contributed by atoms with E-state index in [1.807, 2.05) is 42.5 Å². The first-order valence-electron chi connectivity index (χ1n) is 10.3. The third-order valence-electron chi connectivity index (χ3n) is 5.98. The van der Waals surface area contributed by atoms with Gasteiger partial charge >= 0.3 is 0 Å². The molecule has 2 aromatic carbocycles. The maximum absolute atomic E-state index is 14.0. The second-order valence-electron chi connectivity index (χ2n) is 7.86. The maximum atomic E-state index is 14.0. The zero-order valence-corrected chi connectivity index (χ0v) is 16.1. The summed E-state index contributed by atoms with van der Waals surface area (Å²) in [5.74, 6) is 0.582. The van der Waals surface area contributed by atoms with Gasteiger partial charge in [0.15, 0.2) is 0 Å². The van der Waals surface area contributed by atoms with E-state index in [1.54, 1.807) is 6.07 Å². The van der Waals surface area contributed by atoms with Crippen LogP contribution in [0, 0.1) is 5.82 Å². The van der Waals surface area contributed by atoms with Crippen LogP contribution in [0.25, 0.3) is 0 Å². The molecule has 28 heavy (non-hydrogen) atoms. The van der Waals surface area contributed by atoms with Crippen molar-refractivity contribution >= 4 is 0 Å². The molecule has 1 aliphatic carbocycles. The quantitative estimate of drug-likeness (QED) is 0.802. The molecule has 0 aromatic heterocycles. The molecule has 1 saturated heterocycles. The predicted octanol–water partition coefficient (Wildman–Crippen LogP) is 3.35. The molecule has 4 atom stereocenters. The number of benzene rings is 2. The molecule has 2 aliphatic rings. The zero-order chi connectivity index (χ0) is 19.3. The van der Waals surface area contributed by atoms with Crippen molar-refractivity contribution < 1.29 is 14.2 Å². The lowest BCUT2D eigenvalue weighted by Gasteiger charge is -2.37. The van der Waals surface area contributed by atoms with Crippen molar-refractivity contribution in [1.29, 1.82) is 0 Å². The highest BCUT2D eigenvalue weighted by Gasteiger charge is 2.46. The van der Waals surface area contributed by atoms with E-state index < -0.39 is 6.10 Å². The minimum absolute atomic E-state index is 0.0132. The highest BCUT2D eigenvalue weighted by molar-refractivity contribution is 5.22. The van der Waals surface area contributed by atoms with E-state index in [-0.39, 0.29) is 24.0 Å². The highest BCUT2D eigenvalue weighted by Crippen LogP contribution is 2.31. The SMILES string of the molecule is O[C@@H]1[C@@H](N2CCCCC2)[C@H](NCc2ccccc2F)C[C@H]1Oc1ccccc1. The Morgan fingerprint density at radius 1 is 1.00 bits per heavy atom. The Bertz CT molecular complexity index is 751. The number of likely N-dealkylation sites (tertiary alicyclic amines) is 1. The summed E-state index contributed by atoms with van der Waals surface area (Å²) in [6.45, 7) is 2.45. The number of para-hydroxylation sites is 1. The Morgan fingerprint density at radius 2 is 1.71 bits per heavy atom. The van der Waals surface area contributed by atoms with Gasteiger partial charge in [0.1, 0.15) is 23.8 Å². The Hall–Kier alpha value is -1.95. The fourth-order valence-corrected chi connectivity index (χ4v) is 4.55. The number of ether oxygens (including phenoxy) is 1. The summed E-state index contributed by atoms with van der Waals surface area (Å²) < 4.78 is 20.2. The number of aliphatic hydroxyl groups is 1. The summed E-state index contributed by atoms with van der Waals surface area (Å²) in [5, 5.41) is 14.6. The monoisotopic (exact) mass is 384 g/mol. The maximum Gasteiger partial charge on any atom is 0.128 e. The van der Waals surface area contributed by atoms with Crippen LogP contribution in [0.3, 0.4) is 0 Å². The average molecular weight is 384 g/mol. The molecule has 4 rings (SSSR count). The summed E-state index contributed by atoms with van der Waals surface area (Å²) in [6.07, 6.45) is 3.42. The minimum Gasteiger partial charge on any atom is -0.488 e. The number of halogens is 1. The number of piperidine rings is 1. The molecule has 2 aromatic rings. The molecule has 0 bridgehead atoms. The van der Waals surface area contributed by atoms with Crippen molar-refractivity contribution in [3.63, 3.8) is 0 Å². The van der Waals surface area contributed by atoms with Crippen LogP contribution in [0.1, 0.15) is 31.2 Å². The van der Waals surface area contributed by atoms with Gasteiger partial charge in [0.25, 0.3) is 0 Å². The molecule has 150 valence electrons. The zero-order valence-electron chi connectivity index (χ0n) is 16.1. The van der Waals surface area contributed by atoms with Gasteiger partial charge in [0, 0.05) is 24.6 Å². The lowest BCUT2D eigenvalue weighted by molar-refractivity contribution is 0.00121. The van der Waals surface area contributed by atoms with Crippen molar-refractivity contribution in [1.82, 2.24) is 10.2 Å². The third-order valence-corrected chi connectivity index (χ3v) is 5.98. The predicted molar refractivity (Wildman–Crippen MR) is 108 cm³/mol. The number of nitrogens with zero attached hydrogens (tertiary/aromatic N) is 1. The second-order valence-corrected chi connectivity index (χ2v) is 7.86. The van der Waals surface area contributed by atoms with Gasteiger partial charge in [-0.2, -0.15) is 0 Å². The Morgan fingerprint density at radius 3 is 2.46 bits per heavy atom. The molecule has 0 spiro atoms. The van der Waals surface area contributed by atoms with E-state index in [9.17, 15) is 9.50 Å². The summed E-state index contributed by atoms with van der Waals surface area (Å²) >= 11 is 0. The third kappa shape index (κ3) is 4.37. The van der Waals surface area contributed by atoms with Gasteiger partial charge in [-0.25, -0.2) is 4.39 Å². The summed E-state index contributed by atoms with van der Waals surface area (Å²) in [4.78, 5) is 2.39. The van der Waals surface area contributed by atoms with E-state index in [2.05, 4.69) is 10.2 Å². The molecule has 1 heterocycles. The number of hydrogen-bond acceptors (Lipinski definition) is 4. The largest absolute Gasteiger partial charge is 0.488 e. The molecule has 2 N–H and O–H groups in total. The Kier molecular flexibility index (Phi) is 6.25. The van der Waals surface area contributed by atoms with Crippen molar-refractivity contribution in [2.75, 3.05) is 13.1 Å². The fourth-order valence-electron chi connectivity index (χ4n) is 4.55.